The van der Waals surface area contributed by atoms with Crippen LogP contribution in [0.1, 0.15) is 35.7 Å². The second kappa shape index (κ2) is 9.19. The number of carbonyl (C=O) groups is 3. The molecular weight excluding hydrogens is 368 g/mol. The van der Waals surface area contributed by atoms with E-state index in [1.807, 2.05) is 13.8 Å². The molecule has 2 aromatic rings. The molecule has 0 aliphatic rings. The predicted molar refractivity (Wildman–Crippen MR) is 104 cm³/mol. The molecular formula is C20H21ClN2O4. The molecule has 0 saturated heterocycles. The monoisotopic (exact) mass is 388 g/mol. The average Bonchev–Trinajstić information content (AvgIpc) is 2.62. The lowest BCUT2D eigenvalue weighted by atomic mass is 9.88. The molecule has 0 aromatic heterocycles. The number of anilines is 1. The van der Waals surface area contributed by atoms with Gasteiger partial charge in [-0.2, -0.15) is 0 Å². The van der Waals surface area contributed by atoms with Crippen molar-refractivity contribution in [1.29, 1.82) is 0 Å². The van der Waals surface area contributed by atoms with Crippen LogP contribution in [0.15, 0.2) is 48.5 Å². The Hall–Kier alpha value is -2.86. The molecule has 0 unspecified atom stereocenters. The van der Waals surface area contributed by atoms with Crippen LogP contribution in [0.4, 0.5) is 5.69 Å². The second-order valence-electron chi connectivity index (χ2n) is 6.34. The van der Waals surface area contributed by atoms with Crippen molar-refractivity contribution in [2.75, 3.05) is 11.9 Å². The highest BCUT2D eigenvalue weighted by atomic mass is 35.5. The molecule has 0 aliphatic carbocycles. The molecule has 2 rings (SSSR count). The van der Waals surface area contributed by atoms with E-state index in [2.05, 4.69) is 5.32 Å². The predicted octanol–water partition coefficient (Wildman–Crippen LogP) is 3.36. The highest BCUT2D eigenvalue weighted by molar-refractivity contribution is 6.30. The maximum Gasteiger partial charge on any atom is 0.314 e. The fraction of sp³-hybridized carbons (Fsp3) is 0.250. The van der Waals surface area contributed by atoms with Gasteiger partial charge in [0.15, 0.2) is 6.61 Å². The molecule has 3 N–H and O–H groups in total. The molecule has 7 heteroatoms. The van der Waals surface area contributed by atoms with E-state index in [4.69, 9.17) is 22.1 Å². The molecule has 6 nitrogen and oxygen atoms in total. The summed E-state index contributed by atoms with van der Waals surface area (Å²) in [5, 5.41) is 3.10. The Kier molecular flexibility index (Phi) is 6.96. The van der Waals surface area contributed by atoms with Gasteiger partial charge in [0.25, 0.3) is 11.8 Å². The molecule has 27 heavy (non-hydrogen) atoms. The van der Waals surface area contributed by atoms with E-state index in [9.17, 15) is 14.4 Å². The van der Waals surface area contributed by atoms with Crippen molar-refractivity contribution in [1.82, 2.24) is 0 Å². The second-order valence-corrected chi connectivity index (χ2v) is 6.78. The summed E-state index contributed by atoms with van der Waals surface area (Å²) >= 11 is 5.89. The maximum absolute atomic E-state index is 12.5. The fourth-order valence-electron chi connectivity index (χ4n) is 2.68. The molecule has 0 radical (unpaired) electrons. The normalized spacial score (nSPS) is 11.7. The maximum atomic E-state index is 12.5. The Bertz CT molecular complexity index is 834. The van der Waals surface area contributed by atoms with Gasteiger partial charge in [0.1, 0.15) is 0 Å². The number of hydrogen-bond acceptors (Lipinski definition) is 4. The van der Waals surface area contributed by atoms with Gasteiger partial charge >= 0.3 is 5.97 Å². The van der Waals surface area contributed by atoms with Crippen LogP contribution in [-0.4, -0.2) is 24.4 Å². The minimum absolute atomic E-state index is 0.0303. The zero-order chi connectivity index (χ0) is 20.0. The fourth-order valence-corrected chi connectivity index (χ4v) is 2.81. The van der Waals surface area contributed by atoms with E-state index in [1.54, 1.807) is 42.5 Å². The quantitative estimate of drug-likeness (QED) is 0.710. The van der Waals surface area contributed by atoms with E-state index < -0.39 is 30.3 Å². The van der Waals surface area contributed by atoms with E-state index >= 15 is 0 Å². The van der Waals surface area contributed by atoms with E-state index in [-0.39, 0.29) is 17.2 Å². The van der Waals surface area contributed by atoms with Gasteiger partial charge in [-0.25, -0.2) is 0 Å². The Morgan fingerprint density at radius 3 is 2.30 bits per heavy atom. The minimum atomic E-state index is -0.662. The summed E-state index contributed by atoms with van der Waals surface area (Å²) in [5.41, 5.74) is 6.49. The first kappa shape index (κ1) is 20.5. The standard InChI is InChI=1S/C20H21ClN2O4/c1-12(2)18(13-7-9-14(21)10-8-13)20(26)27-11-17(24)23-16-6-4-3-5-15(16)19(22)25/h3-10,12,18H,11H2,1-2H3,(H2,22,25)(H,23,24)/t18-/m0/s1. The van der Waals surface area contributed by atoms with E-state index in [1.165, 1.54) is 6.07 Å². The number of amides is 2. The van der Waals surface area contributed by atoms with Crippen molar-refractivity contribution >= 4 is 35.1 Å². The number of hydrogen-bond donors (Lipinski definition) is 2. The summed E-state index contributed by atoms with van der Waals surface area (Å²) in [7, 11) is 0. The number of ether oxygens (including phenoxy) is 1. The van der Waals surface area contributed by atoms with E-state index in [0.29, 0.717) is 5.02 Å². The molecule has 2 aromatic carbocycles. The van der Waals surface area contributed by atoms with Gasteiger partial charge in [0.05, 0.1) is 17.2 Å². The Morgan fingerprint density at radius 2 is 1.70 bits per heavy atom. The largest absolute Gasteiger partial charge is 0.455 e. The van der Waals surface area contributed by atoms with Gasteiger partial charge in [-0.05, 0) is 35.7 Å². The highest BCUT2D eigenvalue weighted by Crippen LogP contribution is 2.27. The van der Waals surface area contributed by atoms with Gasteiger partial charge < -0.3 is 15.8 Å². The molecule has 0 spiro atoms. The summed E-state index contributed by atoms with van der Waals surface area (Å²) in [5.74, 6) is -2.28. The number of nitrogens with one attached hydrogen (secondary N) is 1. The molecule has 0 aliphatic heterocycles. The zero-order valence-electron chi connectivity index (χ0n) is 15.1. The number of primary amides is 1. The van der Waals surface area contributed by atoms with Crippen molar-refractivity contribution < 1.29 is 19.1 Å². The molecule has 0 bridgehead atoms. The first-order valence-electron chi connectivity index (χ1n) is 8.40. The highest BCUT2D eigenvalue weighted by Gasteiger charge is 2.26. The molecule has 0 fully saturated rings. The van der Waals surface area contributed by atoms with Crippen LogP contribution in [0, 0.1) is 5.92 Å². The molecule has 0 saturated carbocycles. The van der Waals surface area contributed by atoms with Crippen molar-refractivity contribution in [2.24, 2.45) is 11.7 Å². The SMILES string of the molecule is CC(C)[C@H](C(=O)OCC(=O)Nc1ccccc1C(N)=O)c1ccc(Cl)cc1. The number of nitrogens with two attached hydrogens (primary N) is 1. The van der Waals surface area contributed by atoms with Crippen molar-refractivity contribution in [3.8, 4) is 0 Å². The van der Waals surface area contributed by atoms with Crippen LogP contribution >= 0.6 is 11.6 Å². The summed E-state index contributed by atoms with van der Waals surface area (Å²) < 4.78 is 5.18. The number of para-hydroxylation sites is 1. The van der Waals surface area contributed by atoms with Crippen LogP contribution < -0.4 is 11.1 Å². The minimum Gasteiger partial charge on any atom is -0.455 e. The third-order valence-electron chi connectivity index (χ3n) is 3.96. The Labute approximate surface area is 162 Å². The van der Waals surface area contributed by atoms with Crippen LogP contribution in [0.2, 0.25) is 5.02 Å². The van der Waals surface area contributed by atoms with Crippen LogP contribution in [0.5, 0.6) is 0 Å². The third kappa shape index (κ3) is 5.56. The molecule has 0 heterocycles. The van der Waals surface area contributed by atoms with Crippen LogP contribution in [-0.2, 0) is 14.3 Å². The average molecular weight is 389 g/mol. The molecule has 1 atom stereocenters. The summed E-state index contributed by atoms with van der Waals surface area (Å²) in [4.78, 5) is 36.0. The van der Waals surface area contributed by atoms with Crippen molar-refractivity contribution in [3.63, 3.8) is 0 Å². The lowest BCUT2D eigenvalue weighted by Gasteiger charge is -2.20. The number of rotatable bonds is 7. The first-order chi connectivity index (χ1) is 12.8. The number of benzene rings is 2. The van der Waals surface area contributed by atoms with E-state index in [0.717, 1.165) is 5.56 Å². The molecule has 142 valence electrons. The van der Waals surface area contributed by atoms with Crippen LogP contribution in [0.25, 0.3) is 0 Å². The first-order valence-corrected chi connectivity index (χ1v) is 8.78. The lowest BCUT2D eigenvalue weighted by molar-refractivity contribution is -0.149. The third-order valence-corrected chi connectivity index (χ3v) is 4.21. The van der Waals surface area contributed by atoms with Gasteiger partial charge in [-0.1, -0.05) is 49.7 Å². The van der Waals surface area contributed by atoms with Crippen LogP contribution in [0.3, 0.4) is 0 Å². The summed E-state index contributed by atoms with van der Waals surface area (Å²) in [6.45, 7) is 3.32. The Balaban J connectivity index is 2.02. The topological polar surface area (TPSA) is 98.5 Å². The smallest absolute Gasteiger partial charge is 0.314 e. The zero-order valence-corrected chi connectivity index (χ0v) is 15.8. The summed E-state index contributed by atoms with van der Waals surface area (Å²) in [6.07, 6.45) is 0. The van der Waals surface area contributed by atoms with Crippen molar-refractivity contribution in [2.45, 2.75) is 19.8 Å². The van der Waals surface area contributed by atoms with Gasteiger partial charge in [0, 0.05) is 5.02 Å². The number of esters is 1. The Morgan fingerprint density at radius 1 is 1.07 bits per heavy atom. The number of carbonyl (C=O) groups excluding carboxylic acids is 3. The lowest BCUT2D eigenvalue weighted by Crippen LogP contribution is -2.27. The van der Waals surface area contributed by atoms with Gasteiger partial charge in [-0.15, -0.1) is 0 Å². The van der Waals surface area contributed by atoms with Crippen molar-refractivity contribution in [3.05, 3.63) is 64.7 Å². The number of halogens is 1. The molecule has 2 amide bonds. The van der Waals surface area contributed by atoms with Gasteiger partial charge in [-0.3, -0.25) is 14.4 Å². The van der Waals surface area contributed by atoms with Gasteiger partial charge in [0.2, 0.25) is 0 Å². The summed E-state index contributed by atoms with van der Waals surface area (Å²) in [6, 6.07) is 13.3.